The molecule has 0 saturated heterocycles. The minimum atomic E-state index is 0.572. The molecule has 0 aliphatic rings. The molecule has 2 rings (SSSR count). The largest absolute Gasteiger partial charge is 0.369 e. The van der Waals surface area contributed by atoms with Gasteiger partial charge in [0.05, 0.1) is 6.20 Å². The Hall–Kier alpha value is -2.17. The number of anilines is 2. The summed E-state index contributed by atoms with van der Waals surface area (Å²) in [6.07, 6.45) is 4.88. The Morgan fingerprint density at radius 1 is 1.05 bits per heavy atom. The number of aromatic nitrogens is 3. The molecule has 20 heavy (non-hydrogen) atoms. The van der Waals surface area contributed by atoms with Gasteiger partial charge in [0.1, 0.15) is 5.82 Å². The zero-order valence-electron chi connectivity index (χ0n) is 11.8. The molecule has 2 aromatic rings. The van der Waals surface area contributed by atoms with Crippen molar-refractivity contribution in [2.75, 3.05) is 23.7 Å². The number of nitrogens with zero attached hydrogens (tertiary/aromatic N) is 3. The average molecular weight is 271 g/mol. The van der Waals surface area contributed by atoms with Gasteiger partial charge in [0.15, 0.2) is 0 Å². The molecule has 0 bridgehead atoms. The van der Waals surface area contributed by atoms with E-state index in [2.05, 4.69) is 44.9 Å². The van der Waals surface area contributed by atoms with E-state index in [1.54, 1.807) is 6.20 Å². The van der Waals surface area contributed by atoms with Crippen molar-refractivity contribution in [3.63, 3.8) is 0 Å². The molecule has 0 spiro atoms. The molecule has 0 atom stereocenters. The van der Waals surface area contributed by atoms with Crippen molar-refractivity contribution in [3.8, 4) is 0 Å². The van der Waals surface area contributed by atoms with Crippen molar-refractivity contribution < 1.29 is 0 Å². The average Bonchev–Trinajstić information content (AvgIpc) is 2.49. The van der Waals surface area contributed by atoms with Crippen LogP contribution >= 0.6 is 0 Å². The first-order chi connectivity index (χ1) is 9.88. The van der Waals surface area contributed by atoms with Crippen LogP contribution in [0.4, 0.5) is 11.8 Å². The van der Waals surface area contributed by atoms with Gasteiger partial charge in [-0.15, -0.1) is 5.10 Å². The number of hydrogen-bond acceptors (Lipinski definition) is 5. The van der Waals surface area contributed by atoms with Gasteiger partial charge in [0, 0.05) is 13.1 Å². The molecule has 0 amide bonds. The van der Waals surface area contributed by atoms with Gasteiger partial charge in [-0.25, -0.2) is 0 Å². The third-order valence-corrected chi connectivity index (χ3v) is 2.93. The monoisotopic (exact) mass is 271 g/mol. The lowest BCUT2D eigenvalue weighted by Crippen LogP contribution is -2.11. The van der Waals surface area contributed by atoms with Gasteiger partial charge in [-0.3, -0.25) is 0 Å². The summed E-state index contributed by atoms with van der Waals surface area (Å²) in [5.74, 6) is 1.35. The molecular weight excluding hydrogens is 250 g/mol. The zero-order chi connectivity index (χ0) is 14.0. The van der Waals surface area contributed by atoms with Crippen LogP contribution in [0.3, 0.4) is 0 Å². The molecular formula is C15H21N5. The summed E-state index contributed by atoms with van der Waals surface area (Å²) >= 11 is 0. The van der Waals surface area contributed by atoms with Crippen LogP contribution in [0.2, 0.25) is 0 Å². The lowest BCUT2D eigenvalue weighted by molar-refractivity contribution is 0.826. The van der Waals surface area contributed by atoms with Crippen LogP contribution in [0.25, 0.3) is 0 Å². The van der Waals surface area contributed by atoms with E-state index in [0.29, 0.717) is 5.95 Å². The Morgan fingerprint density at radius 3 is 2.70 bits per heavy atom. The molecule has 106 valence electrons. The second kappa shape index (κ2) is 8.09. The van der Waals surface area contributed by atoms with E-state index in [1.165, 1.54) is 5.56 Å². The Labute approximate surface area is 119 Å². The number of unbranched alkanes of at least 4 members (excludes halogenated alkanes) is 1. The summed E-state index contributed by atoms with van der Waals surface area (Å²) in [5, 5.41) is 14.4. The van der Waals surface area contributed by atoms with Crippen LogP contribution in [0.1, 0.15) is 25.3 Å². The van der Waals surface area contributed by atoms with Crippen LogP contribution in [-0.2, 0) is 6.42 Å². The van der Waals surface area contributed by atoms with Crippen molar-refractivity contribution in [2.24, 2.45) is 0 Å². The molecule has 0 saturated carbocycles. The van der Waals surface area contributed by atoms with E-state index in [4.69, 9.17) is 0 Å². The Bertz CT molecular complexity index is 501. The molecule has 1 aromatic heterocycles. The maximum atomic E-state index is 4.38. The molecule has 0 fully saturated rings. The lowest BCUT2D eigenvalue weighted by Gasteiger charge is -2.07. The van der Waals surface area contributed by atoms with Gasteiger partial charge in [-0.2, -0.15) is 10.1 Å². The Balaban J connectivity index is 1.79. The zero-order valence-corrected chi connectivity index (χ0v) is 11.8. The number of hydrogen-bond donors (Lipinski definition) is 2. The van der Waals surface area contributed by atoms with E-state index in [-0.39, 0.29) is 0 Å². The predicted octanol–water partition coefficient (Wildman–Crippen LogP) is 2.74. The van der Waals surface area contributed by atoms with Gasteiger partial charge in [0.25, 0.3) is 0 Å². The van der Waals surface area contributed by atoms with Gasteiger partial charge in [-0.1, -0.05) is 43.7 Å². The number of nitrogens with one attached hydrogen (secondary N) is 2. The molecule has 0 radical (unpaired) electrons. The molecule has 5 nitrogen and oxygen atoms in total. The minimum Gasteiger partial charge on any atom is -0.369 e. The van der Waals surface area contributed by atoms with E-state index >= 15 is 0 Å². The van der Waals surface area contributed by atoms with E-state index < -0.39 is 0 Å². The van der Waals surface area contributed by atoms with Crippen molar-refractivity contribution in [3.05, 3.63) is 42.1 Å². The quantitative estimate of drug-likeness (QED) is 0.723. The summed E-state index contributed by atoms with van der Waals surface area (Å²) in [6.45, 7) is 3.87. The third-order valence-electron chi connectivity index (χ3n) is 2.93. The van der Waals surface area contributed by atoms with E-state index in [0.717, 1.165) is 38.2 Å². The maximum absolute atomic E-state index is 4.38. The van der Waals surface area contributed by atoms with E-state index in [9.17, 15) is 0 Å². The molecule has 5 heteroatoms. The Kier molecular flexibility index (Phi) is 5.76. The number of rotatable bonds is 8. The SMILES string of the molecule is CCCCNc1cnnc(NCCc2ccccc2)n1. The highest BCUT2D eigenvalue weighted by molar-refractivity contribution is 5.36. The maximum Gasteiger partial charge on any atom is 0.244 e. The van der Waals surface area contributed by atoms with Crippen LogP contribution in [0, 0.1) is 0 Å². The van der Waals surface area contributed by atoms with Crippen LogP contribution in [0.5, 0.6) is 0 Å². The predicted molar refractivity (Wildman–Crippen MR) is 81.9 cm³/mol. The van der Waals surface area contributed by atoms with Crippen LogP contribution in [-0.4, -0.2) is 28.3 Å². The summed E-state index contributed by atoms with van der Waals surface area (Å²) in [6, 6.07) is 10.3. The molecule has 1 heterocycles. The lowest BCUT2D eigenvalue weighted by atomic mass is 10.1. The summed E-state index contributed by atoms with van der Waals surface area (Å²) < 4.78 is 0. The van der Waals surface area contributed by atoms with Crippen LogP contribution in [0.15, 0.2) is 36.5 Å². The second-order valence-electron chi connectivity index (χ2n) is 4.61. The fourth-order valence-electron chi connectivity index (χ4n) is 1.82. The first-order valence-corrected chi connectivity index (χ1v) is 7.10. The highest BCUT2D eigenvalue weighted by atomic mass is 15.3. The van der Waals surface area contributed by atoms with Crippen molar-refractivity contribution >= 4 is 11.8 Å². The number of benzene rings is 1. The Morgan fingerprint density at radius 2 is 1.90 bits per heavy atom. The fourth-order valence-corrected chi connectivity index (χ4v) is 1.82. The molecule has 0 aliphatic carbocycles. The molecule has 0 aliphatic heterocycles. The highest BCUT2D eigenvalue weighted by Gasteiger charge is 1.99. The summed E-state index contributed by atoms with van der Waals surface area (Å²) in [5.41, 5.74) is 1.30. The summed E-state index contributed by atoms with van der Waals surface area (Å²) in [4.78, 5) is 4.38. The van der Waals surface area contributed by atoms with Crippen LogP contribution < -0.4 is 10.6 Å². The molecule has 2 N–H and O–H groups in total. The van der Waals surface area contributed by atoms with Gasteiger partial charge < -0.3 is 10.6 Å². The summed E-state index contributed by atoms with van der Waals surface area (Å²) in [7, 11) is 0. The highest BCUT2D eigenvalue weighted by Crippen LogP contribution is 2.05. The third kappa shape index (κ3) is 4.84. The van der Waals surface area contributed by atoms with Gasteiger partial charge in [0.2, 0.25) is 5.95 Å². The standard InChI is InChI=1S/C15H21N5/c1-2-3-10-16-14-12-18-20-15(19-14)17-11-9-13-7-5-4-6-8-13/h4-8,12H,2-3,9-11H2,1H3,(H2,16,17,19,20). The van der Waals surface area contributed by atoms with Gasteiger partial charge >= 0.3 is 0 Å². The van der Waals surface area contributed by atoms with Crippen molar-refractivity contribution in [1.82, 2.24) is 15.2 Å². The van der Waals surface area contributed by atoms with Crippen molar-refractivity contribution in [2.45, 2.75) is 26.2 Å². The fraction of sp³-hybridized carbons (Fsp3) is 0.400. The smallest absolute Gasteiger partial charge is 0.244 e. The molecule has 0 unspecified atom stereocenters. The topological polar surface area (TPSA) is 62.7 Å². The normalized spacial score (nSPS) is 10.2. The molecule has 1 aromatic carbocycles. The van der Waals surface area contributed by atoms with Crippen molar-refractivity contribution in [1.29, 1.82) is 0 Å². The van der Waals surface area contributed by atoms with Gasteiger partial charge in [-0.05, 0) is 18.4 Å². The first-order valence-electron chi connectivity index (χ1n) is 7.10. The van der Waals surface area contributed by atoms with E-state index in [1.807, 2.05) is 18.2 Å². The minimum absolute atomic E-state index is 0.572. The first kappa shape index (κ1) is 14.2. The second-order valence-corrected chi connectivity index (χ2v) is 4.61.